The van der Waals surface area contributed by atoms with Crippen LogP contribution in [-0.2, 0) is 6.54 Å². The van der Waals surface area contributed by atoms with Gasteiger partial charge in [-0.3, -0.25) is 14.8 Å². The van der Waals surface area contributed by atoms with Crippen molar-refractivity contribution in [1.82, 2.24) is 14.7 Å². The number of nitrogens with one attached hydrogen (secondary N) is 1. The number of carbonyl (C=O) groups is 1. The van der Waals surface area contributed by atoms with Crippen LogP contribution in [0, 0.1) is 10.1 Å². The molecule has 0 aliphatic carbocycles. The van der Waals surface area contributed by atoms with E-state index in [-0.39, 0.29) is 16.6 Å². The number of hydrogen-bond acceptors (Lipinski definition) is 5. The number of benzene rings is 2. The van der Waals surface area contributed by atoms with Crippen molar-refractivity contribution < 1.29 is 9.72 Å². The molecule has 1 fully saturated rings. The maximum absolute atomic E-state index is 12.8. The highest BCUT2D eigenvalue weighted by atomic mass is 16.6. The molecule has 1 saturated heterocycles. The molecule has 0 saturated carbocycles. The van der Waals surface area contributed by atoms with Crippen LogP contribution in [0.1, 0.15) is 5.56 Å². The molecule has 30 heavy (non-hydrogen) atoms. The molecule has 1 aliphatic heterocycles. The van der Waals surface area contributed by atoms with Crippen LogP contribution in [0.5, 0.6) is 0 Å². The number of hydrogen-bond donors (Lipinski definition) is 1. The van der Waals surface area contributed by atoms with Crippen LogP contribution in [0.3, 0.4) is 0 Å². The Kier molecular flexibility index (Phi) is 5.60. The normalized spacial score (nSPS) is 13.9. The van der Waals surface area contributed by atoms with Gasteiger partial charge in [-0.15, -0.1) is 0 Å². The Bertz CT molecular complexity index is 1030. The van der Waals surface area contributed by atoms with Crippen molar-refractivity contribution in [2.45, 2.75) is 6.54 Å². The first-order valence-electron chi connectivity index (χ1n) is 9.71. The summed E-state index contributed by atoms with van der Waals surface area (Å²) >= 11 is 0. The van der Waals surface area contributed by atoms with Crippen molar-refractivity contribution in [2.24, 2.45) is 0 Å². The van der Waals surface area contributed by atoms with Crippen molar-refractivity contribution >= 4 is 23.1 Å². The summed E-state index contributed by atoms with van der Waals surface area (Å²) in [6, 6.07) is 16.0. The van der Waals surface area contributed by atoms with Gasteiger partial charge in [0, 0.05) is 50.3 Å². The van der Waals surface area contributed by atoms with Crippen molar-refractivity contribution in [1.29, 1.82) is 0 Å². The van der Waals surface area contributed by atoms with Gasteiger partial charge in [-0.25, -0.2) is 4.79 Å². The minimum Gasteiger partial charge on any atom is -0.362 e. The zero-order chi connectivity index (χ0) is 20.9. The van der Waals surface area contributed by atoms with Crippen LogP contribution < -0.4 is 10.2 Å². The van der Waals surface area contributed by atoms with E-state index in [1.807, 2.05) is 41.4 Å². The summed E-state index contributed by atoms with van der Waals surface area (Å²) in [5, 5.41) is 18.5. The Hall–Kier alpha value is -3.88. The van der Waals surface area contributed by atoms with E-state index in [9.17, 15) is 14.9 Å². The molecule has 2 aromatic carbocycles. The smallest absolute Gasteiger partial charge is 0.321 e. The standard InChI is InChI=1S/C21H22N6O3/c28-21(23-18-7-2-1-6-17(18)16-26-11-5-10-22-26)25-14-12-24(13-15-25)19-8-3-4-9-20(19)27(29)30/h1-11H,12-16H2,(H,23,28). The Morgan fingerprint density at radius 3 is 2.50 bits per heavy atom. The fraction of sp³-hybridized carbons (Fsp3) is 0.238. The highest BCUT2D eigenvalue weighted by molar-refractivity contribution is 5.90. The molecular formula is C21H22N6O3. The lowest BCUT2D eigenvalue weighted by atomic mass is 10.1. The van der Waals surface area contributed by atoms with E-state index < -0.39 is 0 Å². The van der Waals surface area contributed by atoms with E-state index in [0.29, 0.717) is 38.4 Å². The first kappa shape index (κ1) is 19.4. The SMILES string of the molecule is O=C(Nc1ccccc1Cn1cccn1)N1CCN(c2ccccc2[N+](=O)[O-])CC1. The monoisotopic (exact) mass is 406 g/mol. The second-order valence-corrected chi connectivity index (χ2v) is 7.01. The van der Waals surface area contributed by atoms with Gasteiger partial charge in [0.05, 0.1) is 11.5 Å². The average Bonchev–Trinajstić information content (AvgIpc) is 3.28. The van der Waals surface area contributed by atoms with E-state index in [4.69, 9.17) is 0 Å². The average molecular weight is 406 g/mol. The zero-order valence-electron chi connectivity index (χ0n) is 16.3. The summed E-state index contributed by atoms with van der Waals surface area (Å²) in [5.41, 5.74) is 2.39. The number of nitro benzene ring substituents is 1. The third kappa shape index (κ3) is 4.24. The van der Waals surface area contributed by atoms with Crippen LogP contribution in [0.4, 0.5) is 21.9 Å². The van der Waals surface area contributed by atoms with Gasteiger partial charge >= 0.3 is 6.03 Å². The molecule has 1 aromatic heterocycles. The summed E-state index contributed by atoms with van der Waals surface area (Å²) in [6.45, 7) is 2.60. The summed E-state index contributed by atoms with van der Waals surface area (Å²) < 4.78 is 1.80. The molecule has 9 heteroatoms. The largest absolute Gasteiger partial charge is 0.362 e. The van der Waals surface area contributed by atoms with E-state index in [0.717, 1.165) is 11.3 Å². The van der Waals surface area contributed by atoms with Crippen molar-refractivity contribution in [2.75, 3.05) is 36.4 Å². The van der Waals surface area contributed by atoms with Crippen LogP contribution in [-0.4, -0.2) is 51.8 Å². The summed E-state index contributed by atoms with van der Waals surface area (Å²) in [5.74, 6) is 0. The summed E-state index contributed by atoms with van der Waals surface area (Å²) in [4.78, 5) is 27.4. The summed E-state index contributed by atoms with van der Waals surface area (Å²) in [7, 11) is 0. The number of nitro groups is 1. The molecule has 2 heterocycles. The highest BCUT2D eigenvalue weighted by Crippen LogP contribution is 2.28. The number of anilines is 2. The molecule has 9 nitrogen and oxygen atoms in total. The number of aromatic nitrogens is 2. The van der Waals surface area contributed by atoms with Gasteiger partial charge in [0.15, 0.2) is 0 Å². The van der Waals surface area contributed by atoms with Gasteiger partial charge in [0.1, 0.15) is 5.69 Å². The molecule has 0 radical (unpaired) electrons. The molecule has 0 bridgehead atoms. The van der Waals surface area contributed by atoms with Crippen molar-refractivity contribution in [3.05, 3.63) is 82.7 Å². The van der Waals surface area contributed by atoms with E-state index in [1.54, 1.807) is 34.0 Å². The van der Waals surface area contributed by atoms with Gasteiger partial charge in [-0.05, 0) is 23.8 Å². The van der Waals surface area contributed by atoms with Crippen LogP contribution in [0.25, 0.3) is 0 Å². The van der Waals surface area contributed by atoms with Crippen LogP contribution in [0.15, 0.2) is 67.0 Å². The number of nitrogens with zero attached hydrogens (tertiary/aromatic N) is 5. The van der Waals surface area contributed by atoms with Crippen molar-refractivity contribution in [3.63, 3.8) is 0 Å². The lowest BCUT2D eigenvalue weighted by Gasteiger charge is -2.35. The van der Waals surface area contributed by atoms with Gasteiger partial charge in [0.2, 0.25) is 0 Å². The van der Waals surface area contributed by atoms with Gasteiger partial charge in [-0.2, -0.15) is 5.10 Å². The lowest BCUT2D eigenvalue weighted by Crippen LogP contribution is -2.50. The van der Waals surface area contributed by atoms with Gasteiger partial charge in [-0.1, -0.05) is 30.3 Å². The second kappa shape index (κ2) is 8.64. The molecule has 0 unspecified atom stereocenters. The molecule has 3 aromatic rings. The third-order valence-corrected chi connectivity index (χ3v) is 5.14. The Labute approximate surface area is 173 Å². The number of amides is 2. The van der Waals surface area contributed by atoms with Gasteiger partial charge < -0.3 is 15.1 Å². The van der Waals surface area contributed by atoms with Gasteiger partial charge in [0.25, 0.3) is 5.69 Å². The molecule has 1 aliphatic rings. The second-order valence-electron chi connectivity index (χ2n) is 7.01. The Morgan fingerprint density at radius 1 is 1.03 bits per heavy atom. The first-order chi connectivity index (χ1) is 14.6. The third-order valence-electron chi connectivity index (χ3n) is 5.14. The van der Waals surface area contributed by atoms with E-state index >= 15 is 0 Å². The maximum Gasteiger partial charge on any atom is 0.321 e. The fourth-order valence-corrected chi connectivity index (χ4v) is 3.58. The number of rotatable bonds is 5. The van der Waals surface area contributed by atoms with Crippen LogP contribution in [0.2, 0.25) is 0 Å². The molecule has 1 N–H and O–H groups in total. The lowest BCUT2D eigenvalue weighted by molar-refractivity contribution is -0.384. The fourth-order valence-electron chi connectivity index (χ4n) is 3.58. The molecular weight excluding hydrogens is 384 g/mol. The number of carbonyl (C=O) groups excluding carboxylic acids is 1. The molecule has 4 rings (SSSR count). The molecule has 2 amide bonds. The predicted molar refractivity (Wildman–Crippen MR) is 114 cm³/mol. The van der Waals surface area contributed by atoms with E-state index in [2.05, 4.69) is 10.4 Å². The quantitative estimate of drug-likeness (QED) is 0.518. The van der Waals surface area contributed by atoms with E-state index in [1.165, 1.54) is 6.07 Å². The Balaban J connectivity index is 1.40. The number of urea groups is 1. The van der Waals surface area contributed by atoms with Crippen LogP contribution >= 0.6 is 0 Å². The molecule has 154 valence electrons. The first-order valence-corrected chi connectivity index (χ1v) is 9.71. The highest BCUT2D eigenvalue weighted by Gasteiger charge is 2.25. The van der Waals surface area contributed by atoms with Crippen molar-refractivity contribution in [3.8, 4) is 0 Å². The molecule has 0 spiro atoms. The Morgan fingerprint density at radius 2 is 1.77 bits per heavy atom. The number of piperazine rings is 1. The number of para-hydroxylation sites is 3. The minimum atomic E-state index is -0.370. The topological polar surface area (TPSA) is 96.5 Å². The minimum absolute atomic E-state index is 0.0861. The predicted octanol–water partition coefficient (Wildman–Crippen LogP) is 3.19. The molecule has 0 atom stereocenters. The zero-order valence-corrected chi connectivity index (χ0v) is 16.3. The summed E-state index contributed by atoms with van der Waals surface area (Å²) in [6.07, 6.45) is 3.60. The maximum atomic E-state index is 12.8.